The number of rotatable bonds is 4. The molecule has 0 aromatic heterocycles. The number of nitrogens with zero attached hydrogens (tertiary/aromatic N) is 1. The Hall–Kier alpha value is -1.06. The predicted octanol–water partition coefficient (Wildman–Crippen LogP) is 2.28. The molecular weight excluding hydrogens is 242 g/mol. The summed E-state index contributed by atoms with van der Waals surface area (Å²) in [5.74, 6) is 0.706. The molecule has 4 heteroatoms. The highest BCUT2D eigenvalue weighted by Gasteiger charge is 2.46. The summed E-state index contributed by atoms with van der Waals surface area (Å²) < 4.78 is 0. The van der Waals surface area contributed by atoms with Gasteiger partial charge in [-0.25, -0.2) is 0 Å². The molecule has 1 N–H and O–H groups in total. The molecule has 19 heavy (non-hydrogen) atoms. The first-order chi connectivity index (χ1) is 9.06. The zero-order valence-electron chi connectivity index (χ0n) is 11.5. The van der Waals surface area contributed by atoms with Crippen molar-refractivity contribution in [2.75, 3.05) is 0 Å². The minimum atomic E-state index is -0.699. The van der Waals surface area contributed by atoms with E-state index < -0.39 is 5.97 Å². The lowest BCUT2D eigenvalue weighted by Crippen LogP contribution is -2.49. The lowest BCUT2D eigenvalue weighted by atomic mass is 9.87. The fourth-order valence-corrected chi connectivity index (χ4v) is 4.10. The lowest BCUT2D eigenvalue weighted by Gasteiger charge is -2.40. The van der Waals surface area contributed by atoms with Crippen LogP contribution in [0.2, 0.25) is 0 Å². The van der Waals surface area contributed by atoms with Crippen molar-refractivity contribution in [1.82, 2.24) is 4.90 Å². The van der Waals surface area contributed by atoms with Gasteiger partial charge in [0.2, 0.25) is 5.91 Å². The Labute approximate surface area is 114 Å². The second kappa shape index (κ2) is 4.80. The van der Waals surface area contributed by atoms with Gasteiger partial charge in [-0.15, -0.1) is 0 Å². The Morgan fingerprint density at radius 2 is 1.74 bits per heavy atom. The number of piperidine rings is 1. The fourth-order valence-electron chi connectivity index (χ4n) is 4.10. The summed E-state index contributed by atoms with van der Waals surface area (Å²) in [4.78, 5) is 25.5. The third-order valence-corrected chi connectivity index (χ3v) is 5.27. The summed E-state index contributed by atoms with van der Waals surface area (Å²) in [5.41, 5.74) is 0. The standard InChI is InChI=1S/C15H23NO3/c1-9(11-2-3-11)15(19)16-12-4-5-13(16)7-10(6-12)8-14(17)18/h9-13H,2-8H2,1H3,(H,17,18). The van der Waals surface area contributed by atoms with Crippen LogP contribution in [0, 0.1) is 17.8 Å². The molecule has 3 atom stereocenters. The van der Waals surface area contributed by atoms with E-state index >= 15 is 0 Å². The summed E-state index contributed by atoms with van der Waals surface area (Å²) in [6, 6.07) is 0.633. The van der Waals surface area contributed by atoms with Crippen LogP contribution in [0.5, 0.6) is 0 Å². The van der Waals surface area contributed by atoms with Crippen molar-refractivity contribution in [1.29, 1.82) is 0 Å². The fraction of sp³-hybridized carbons (Fsp3) is 0.867. The molecule has 2 heterocycles. The predicted molar refractivity (Wildman–Crippen MR) is 70.5 cm³/mol. The van der Waals surface area contributed by atoms with Crippen LogP contribution < -0.4 is 0 Å². The minimum absolute atomic E-state index is 0.180. The van der Waals surface area contributed by atoms with Crippen molar-refractivity contribution < 1.29 is 14.7 Å². The highest BCUT2D eigenvalue weighted by atomic mass is 16.4. The summed E-state index contributed by atoms with van der Waals surface area (Å²) >= 11 is 0. The van der Waals surface area contributed by atoms with Gasteiger partial charge in [0.1, 0.15) is 0 Å². The summed E-state index contributed by atoms with van der Waals surface area (Å²) in [6.07, 6.45) is 6.62. The zero-order valence-corrected chi connectivity index (χ0v) is 11.5. The van der Waals surface area contributed by atoms with Crippen molar-refractivity contribution in [2.45, 2.75) is 64.0 Å². The molecule has 0 aromatic carbocycles. The van der Waals surface area contributed by atoms with E-state index in [9.17, 15) is 9.59 Å². The largest absolute Gasteiger partial charge is 0.481 e. The Kier molecular flexibility index (Phi) is 3.27. The van der Waals surface area contributed by atoms with Gasteiger partial charge in [0.05, 0.1) is 0 Å². The third kappa shape index (κ3) is 2.49. The summed E-state index contributed by atoms with van der Waals surface area (Å²) in [6.45, 7) is 2.07. The van der Waals surface area contributed by atoms with Gasteiger partial charge in [-0.1, -0.05) is 6.92 Å². The quantitative estimate of drug-likeness (QED) is 0.848. The first-order valence-corrected chi connectivity index (χ1v) is 7.60. The molecule has 106 valence electrons. The molecule has 3 rings (SSSR count). The monoisotopic (exact) mass is 265 g/mol. The van der Waals surface area contributed by atoms with E-state index in [1.807, 2.05) is 0 Å². The van der Waals surface area contributed by atoms with Gasteiger partial charge < -0.3 is 10.0 Å². The number of hydrogen-bond donors (Lipinski definition) is 1. The topological polar surface area (TPSA) is 57.6 Å². The van der Waals surface area contributed by atoms with Crippen LogP contribution in [-0.4, -0.2) is 34.0 Å². The molecule has 3 aliphatic rings. The van der Waals surface area contributed by atoms with Crippen LogP contribution in [0.1, 0.15) is 51.9 Å². The van der Waals surface area contributed by atoms with Gasteiger partial charge >= 0.3 is 5.97 Å². The van der Waals surface area contributed by atoms with Crippen LogP contribution in [0.4, 0.5) is 0 Å². The Bertz CT molecular complexity index is 377. The molecular formula is C15H23NO3. The molecule has 0 radical (unpaired) electrons. The van der Waals surface area contributed by atoms with Gasteiger partial charge in [-0.2, -0.15) is 0 Å². The maximum Gasteiger partial charge on any atom is 0.303 e. The molecule has 2 bridgehead atoms. The molecule has 0 spiro atoms. The number of amides is 1. The molecule has 1 saturated carbocycles. The number of carbonyl (C=O) groups excluding carboxylic acids is 1. The van der Waals surface area contributed by atoms with Crippen molar-refractivity contribution in [2.24, 2.45) is 17.8 Å². The van der Waals surface area contributed by atoms with Crippen molar-refractivity contribution >= 4 is 11.9 Å². The van der Waals surface area contributed by atoms with E-state index in [2.05, 4.69) is 11.8 Å². The number of aliphatic carboxylic acids is 1. The zero-order chi connectivity index (χ0) is 13.6. The summed E-state index contributed by atoms with van der Waals surface area (Å²) in [5, 5.41) is 8.92. The van der Waals surface area contributed by atoms with Gasteiger partial charge in [0, 0.05) is 24.4 Å². The van der Waals surface area contributed by atoms with E-state index in [1.54, 1.807) is 0 Å². The van der Waals surface area contributed by atoms with Crippen molar-refractivity contribution in [3.05, 3.63) is 0 Å². The number of carbonyl (C=O) groups is 2. The molecule has 3 unspecified atom stereocenters. The molecule has 3 fully saturated rings. The number of carboxylic acids is 1. The second-order valence-electron chi connectivity index (χ2n) is 6.69. The molecule has 1 amide bonds. The number of fused-ring (bicyclic) bond motifs is 2. The van der Waals surface area contributed by atoms with E-state index in [1.165, 1.54) is 12.8 Å². The van der Waals surface area contributed by atoms with Gasteiger partial charge in [0.25, 0.3) is 0 Å². The average Bonchev–Trinajstić information content (AvgIpc) is 3.14. The van der Waals surface area contributed by atoms with E-state index in [4.69, 9.17) is 5.11 Å². The van der Waals surface area contributed by atoms with Crippen LogP contribution in [-0.2, 0) is 9.59 Å². The minimum Gasteiger partial charge on any atom is -0.481 e. The van der Waals surface area contributed by atoms with Gasteiger partial charge in [-0.05, 0) is 50.4 Å². The lowest BCUT2D eigenvalue weighted by molar-refractivity contribution is -0.142. The Morgan fingerprint density at radius 3 is 2.21 bits per heavy atom. The normalized spacial score (nSPS) is 35.2. The second-order valence-corrected chi connectivity index (χ2v) is 6.69. The maximum atomic E-state index is 12.6. The van der Waals surface area contributed by atoms with Crippen LogP contribution in [0.25, 0.3) is 0 Å². The summed E-state index contributed by atoms with van der Waals surface area (Å²) in [7, 11) is 0. The Morgan fingerprint density at radius 1 is 1.16 bits per heavy atom. The molecule has 0 aromatic rings. The Balaban J connectivity index is 1.65. The third-order valence-electron chi connectivity index (χ3n) is 5.27. The highest BCUT2D eigenvalue weighted by Crippen LogP contribution is 2.43. The SMILES string of the molecule is CC(C(=O)N1C2CCC1CC(CC(=O)O)C2)C1CC1. The van der Waals surface area contributed by atoms with Crippen LogP contribution >= 0.6 is 0 Å². The average molecular weight is 265 g/mol. The molecule has 4 nitrogen and oxygen atoms in total. The van der Waals surface area contributed by atoms with Gasteiger partial charge in [-0.3, -0.25) is 9.59 Å². The maximum absolute atomic E-state index is 12.6. The van der Waals surface area contributed by atoms with Crippen molar-refractivity contribution in [3.8, 4) is 0 Å². The van der Waals surface area contributed by atoms with Gasteiger partial charge in [0.15, 0.2) is 0 Å². The number of hydrogen-bond acceptors (Lipinski definition) is 2. The van der Waals surface area contributed by atoms with Crippen LogP contribution in [0.3, 0.4) is 0 Å². The van der Waals surface area contributed by atoms with Crippen LogP contribution in [0.15, 0.2) is 0 Å². The molecule has 2 aliphatic heterocycles. The molecule has 1 aliphatic carbocycles. The van der Waals surface area contributed by atoms with E-state index in [-0.39, 0.29) is 18.3 Å². The van der Waals surface area contributed by atoms with E-state index in [0.29, 0.717) is 23.9 Å². The first-order valence-electron chi connectivity index (χ1n) is 7.60. The van der Waals surface area contributed by atoms with E-state index in [0.717, 1.165) is 25.7 Å². The first kappa shape index (κ1) is 12.9. The van der Waals surface area contributed by atoms with Crippen molar-refractivity contribution in [3.63, 3.8) is 0 Å². The smallest absolute Gasteiger partial charge is 0.303 e. The highest BCUT2D eigenvalue weighted by molar-refractivity contribution is 5.80. The molecule has 2 saturated heterocycles. The number of carboxylic acid groups (broad SMARTS) is 1.